The molecule has 2 N–H and O–H groups in total. The van der Waals surface area contributed by atoms with Crippen molar-refractivity contribution in [3.8, 4) is 6.07 Å². The Kier molecular flexibility index (Phi) is 4.82. The molecule has 122 valence electrons. The van der Waals surface area contributed by atoms with E-state index in [0.29, 0.717) is 23.8 Å². The van der Waals surface area contributed by atoms with Crippen molar-refractivity contribution < 1.29 is 4.79 Å². The summed E-state index contributed by atoms with van der Waals surface area (Å²) in [6.45, 7) is 5.32. The summed E-state index contributed by atoms with van der Waals surface area (Å²) < 4.78 is 0. The van der Waals surface area contributed by atoms with Gasteiger partial charge in [0.05, 0.1) is 11.6 Å². The van der Waals surface area contributed by atoms with Crippen LogP contribution in [0, 0.1) is 23.2 Å². The van der Waals surface area contributed by atoms with Crippen LogP contribution in [0.4, 0.5) is 10.5 Å². The van der Waals surface area contributed by atoms with E-state index in [4.69, 9.17) is 5.26 Å². The highest BCUT2D eigenvalue weighted by atomic mass is 16.2. The van der Waals surface area contributed by atoms with Crippen LogP contribution in [0.3, 0.4) is 0 Å². The van der Waals surface area contributed by atoms with Crippen LogP contribution in [0.15, 0.2) is 24.3 Å². The smallest absolute Gasteiger partial charge is 0.319 e. The van der Waals surface area contributed by atoms with Crippen molar-refractivity contribution >= 4 is 11.7 Å². The Morgan fingerprint density at radius 2 is 2.35 bits per heavy atom. The second-order valence-corrected chi connectivity index (χ2v) is 6.63. The van der Waals surface area contributed by atoms with Crippen LogP contribution in [-0.4, -0.2) is 36.6 Å². The number of hydrogen-bond donors (Lipinski definition) is 2. The minimum Gasteiger partial charge on any atom is -0.336 e. The molecule has 4 atom stereocenters. The molecule has 5 nitrogen and oxygen atoms in total. The zero-order valence-electron chi connectivity index (χ0n) is 13.6. The number of nitriles is 1. The highest BCUT2D eigenvalue weighted by Gasteiger charge is 2.38. The number of anilines is 1. The number of benzene rings is 1. The van der Waals surface area contributed by atoms with Crippen LogP contribution in [-0.2, 0) is 0 Å². The van der Waals surface area contributed by atoms with Crippen molar-refractivity contribution in [2.24, 2.45) is 11.8 Å². The van der Waals surface area contributed by atoms with E-state index in [1.54, 1.807) is 24.3 Å². The van der Waals surface area contributed by atoms with E-state index in [9.17, 15) is 4.79 Å². The predicted molar refractivity (Wildman–Crippen MR) is 90.0 cm³/mol. The standard InChI is InChI=1S/C18H24N4O/c1-2-14-12-22-7-6-15(14)9-17(22)11-20-18(23)21-16-5-3-4-13(8-16)10-19/h3-5,8,14-15,17H,2,6-7,9,11-12H2,1H3,(H2,20,21,23)/t14-,15-,17+/m0/s1. The summed E-state index contributed by atoms with van der Waals surface area (Å²) in [7, 11) is 0. The zero-order valence-corrected chi connectivity index (χ0v) is 13.6. The minimum absolute atomic E-state index is 0.199. The molecule has 1 unspecified atom stereocenters. The molecule has 1 aromatic carbocycles. The largest absolute Gasteiger partial charge is 0.336 e. The SMILES string of the molecule is CC[C@H]1CN2CC[C@H]1C[C@@H]2CNC(=O)Nc1cccc(C#N)c1. The summed E-state index contributed by atoms with van der Waals surface area (Å²) in [5, 5.41) is 14.7. The van der Waals surface area contributed by atoms with Gasteiger partial charge in [-0.15, -0.1) is 0 Å². The van der Waals surface area contributed by atoms with Crippen LogP contribution >= 0.6 is 0 Å². The summed E-state index contributed by atoms with van der Waals surface area (Å²) in [5.74, 6) is 1.66. The lowest BCUT2D eigenvalue weighted by atomic mass is 9.74. The Morgan fingerprint density at radius 3 is 3.04 bits per heavy atom. The van der Waals surface area contributed by atoms with Crippen LogP contribution < -0.4 is 10.6 Å². The third kappa shape index (κ3) is 3.65. The van der Waals surface area contributed by atoms with Gasteiger partial charge in [-0.1, -0.05) is 19.4 Å². The van der Waals surface area contributed by atoms with E-state index in [1.807, 2.05) is 0 Å². The van der Waals surface area contributed by atoms with Crippen molar-refractivity contribution in [2.75, 3.05) is 25.0 Å². The Bertz CT molecular complexity index is 609. The first kappa shape index (κ1) is 15.8. The number of nitrogens with zero attached hydrogens (tertiary/aromatic N) is 2. The third-order valence-electron chi connectivity index (χ3n) is 5.29. The number of hydrogen-bond acceptors (Lipinski definition) is 3. The number of nitrogens with one attached hydrogen (secondary N) is 2. The molecule has 1 aromatic rings. The van der Waals surface area contributed by atoms with Gasteiger partial charge in [-0.2, -0.15) is 5.26 Å². The molecule has 0 saturated carbocycles. The van der Waals surface area contributed by atoms with Crippen molar-refractivity contribution in [3.63, 3.8) is 0 Å². The lowest BCUT2D eigenvalue weighted by Gasteiger charge is -2.49. The van der Waals surface area contributed by atoms with Crippen LogP contribution in [0.1, 0.15) is 31.7 Å². The van der Waals surface area contributed by atoms with E-state index in [-0.39, 0.29) is 6.03 Å². The number of carbonyl (C=O) groups is 1. The molecule has 23 heavy (non-hydrogen) atoms. The molecule has 3 heterocycles. The lowest BCUT2D eigenvalue weighted by Crippen LogP contribution is -2.56. The molecule has 0 aliphatic carbocycles. The molecule has 3 aliphatic rings. The van der Waals surface area contributed by atoms with Gasteiger partial charge in [0.25, 0.3) is 0 Å². The molecular weight excluding hydrogens is 288 g/mol. The van der Waals surface area contributed by atoms with Gasteiger partial charge in [-0.05, 0) is 49.4 Å². The molecule has 3 saturated heterocycles. The Hall–Kier alpha value is -2.06. The summed E-state index contributed by atoms with van der Waals surface area (Å²) in [6.07, 6.45) is 3.77. The fraction of sp³-hybridized carbons (Fsp3) is 0.556. The van der Waals surface area contributed by atoms with E-state index in [2.05, 4.69) is 28.5 Å². The van der Waals surface area contributed by atoms with Gasteiger partial charge in [-0.3, -0.25) is 4.90 Å². The maximum Gasteiger partial charge on any atom is 0.319 e. The fourth-order valence-corrected chi connectivity index (χ4v) is 3.98. The zero-order chi connectivity index (χ0) is 16.2. The van der Waals surface area contributed by atoms with E-state index in [0.717, 1.165) is 11.8 Å². The van der Waals surface area contributed by atoms with Gasteiger partial charge in [0.15, 0.2) is 0 Å². The first-order valence-corrected chi connectivity index (χ1v) is 8.48. The molecule has 3 aliphatic heterocycles. The summed E-state index contributed by atoms with van der Waals surface area (Å²) in [6, 6.07) is 9.30. The van der Waals surface area contributed by atoms with E-state index < -0.39 is 0 Å². The van der Waals surface area contributed by atoms with Gasteiger partial charge in [0, 0.05) is 24.8 Å². The number of rotatable bonds is 4. The van der Waals surface area contributed by atoms with Crippen molar-refractivity contribution in [1.82, 2.24) is 10.2 Å². The molecule has 4 rings (SSSR count). The van der Waals surface area contributed by atoms with Crippen molar-refractivity contribution in [2.45, 2.75) is 32.2 Å². The Balaban J connectivity index is 1.49. The fourth-order valence-electron chi connectivity index (χ4n) is 3.98. The first-order chi connectivity index (χ1) is 11.2. The summed E-state index contributed by atoms with van der Waals surface area (Å²) in [5.41, 5.74) is 1.20. The predicted octanol–water partition coefficient (Wildman–Crippen LogP) is 2.80. The topological polar surface area (TPSA) is 68.2 Å². The first-order valence-electron chi connectivity index (χ1n) is 8.48. The molecule has 2 bridgehead atoms. The lowest BCUT2D eigenvalue weighted by molar-refractivity contribution is 0.00159. The quantitative estimate of drug-likeness (QED) is 0.898. The maximum absolute atomic E-state index is 12.1. The van der Waals surface area contributed by atoms with E-state index in [1.165, 1.54) is 32.4 Å². The second kappa shape index (κ2) is 7.01. The number of urea groups is 1. The van der Waals surface area contributed by atoms with Gasteiger partial charge in [0.1, 0.15) is 0 Å². The molecule has 5 heteroatoms. The highest BCUT2D eigenvalue weighted by molar-refractivity contribution is 5.89. The second-order valence-electron chi connectivity index (χ2n) is 6.63. The monoisotopic (exact) mass is 312 g/mol. The summed E-state index contributed by atoms with van der Waals surface area (Å²) in [4.78, 5) is 14.6. The molecule has 0 spiro atoms. The van der Waals surface area contributed by atoms with Gasteiger partial charge < -0.3 is 10.6 Å². The summed E-state index contributed by atoms with van der Waals surface area (Å²) >= 11 is 0. The van der Waals surface area contributed by atoms with Crippen molar-refractivity contribution in [1.29, 1.82) is 5.26 Å². The van der Waals surface area contributed by atoms with Gasteiger partial charge >= 0.3 is 6.03 Å². The molecule has 2 amide bonds. The number of fused-ring (bicyclic) bond motifs is 3. The Morgan fingerprint density at radius 1 is 1.48 bits per heavy atom. The number of amides is 2. The molecule has 3 fully saturated rings. The van der Waals surface area contributed by atoms with Crippen LogP contribution in [0.2, 0.25) is 0 Å². The van der Waals surface area contributed by atoms with Crippen LogP contribution in [0.25, 0.3) is 0 Å². The van der Waals surface area contributed by atoms with E-state index >= 15 is 0 Å². The number of piperidine rings is 3. The minimum atomic E-state index is -0.199. The van der Waals surface area contributed by atoms with Crippen molar-refractivity contribution in [3.05, 3.63) is 29.8 Å². The number of carbonyl (C=O) groups excluding carboxylic acids is 1. The Labute approximate surface area is 137 Å². The van der Waals surface area contributed by atoms with Gasteiger partial charge in [0.2, 0.25) is 0 Å². The molecular formula is C18H24N4O. The molecule has 0 radical (unpaired) electrons. The normalized spacial score (nSPS) is 28.9. The average molecular weight is 312 g/mol. The third-order valence-corrected chi connectivity index (χ3v) is 5.29. The molecule has 0 aromatic heterocycles. The van der Waals surface area contributed by atoms with Crippen LogP contribution in [0.5, 0.6) is 0 Å². The highest BCUT2D eigenvalue weighted by Crippen LogP contribution is 2.37. The van der Waals surface area contributed by atoms with Gasteiger partial charge in [-0.25, -0.2) is 4.79 Å². The average Bonchev–Trinajstić information content (AvgIpc) is 2.60. The maximum atomic E-state index is 12.1.